The lowest BCUT2D eigenvalue weighted by Crippen LogP contribution is -2.28. The highest BCUT2D eigenvalue weighted by Gasteiger charge is 2.21. The van der Waals surface area contributed by atoms with Gasteiger partial charge in [-0.2, -0.15) is 0 Å². The summed E-state index contributed by atoms with van der Waals surface area (Å²) in [5, 5.41) is 2.87. The average molecular weight is 140 g/mol. The third-order valence-electron chi connectivity index (χ3n) is 1.70. The molecule has 1 aliphatic rings. The average Bonchev–Trinajstić information content (AvgIpc) is 2.64. The van der Waals surface area contributed by atoms with Crippen molar-refractivity contribution in [3.05, 3.63) is 5.92 Å². The molecule has 1 N–H and O–H groups in total. The first-order chi connectivity index (χ1) is 4.70. The number of carbonyl (C=O) groups excluding carboxylic acids is 1. The third-order valence-corrected chi connectivity index (χ3v) is 1.70. The van der Waals surface area contributed by atoms with Crippen LogP contribution in [0.15, 0.2) is 0 Å². The van der Waals surface area contributed by atoms with Gasteiger partial charge in [0.1, 0.15) is 0 Å². The molecule has 1 rings (SSSR count). The van der Waals surface area contributed by atoms with Crippen LogP contribution in [0.25, 0.3) is 0 Å². The Morgan fingerprint density at radius 3 is 2.50 bits per heavy atom. The molecule has 2 nitrogen and oxygen atoms in total. The molecule has 2 heteroatoms. The minimum absolute atomic E-state index is 0.104. The van der Waals surface area contributed by atoms with Crippen LogP contribution in [0.3, 0.4) is 0 Å². The molecule has 0 unspecified atom stereocenters. The second-order valence-corrected chi connectivity index (χ2v) is 3.15. The van der Waals surface area contributed by atoms with E-state index in [1.54, 1.807) is 0 Å². The summed E-state index contributed by atoms with van der Waals surface area (Å²) < 4.78 is 0. The van der Waals surface area contributed by atoms with Gasteiger partial charge < -0.3 is 5.32 Å². The van der Waals surface area contributed by atoms with E-state index in [9.17, 15) is 4.79 Å². The molecule has 0 heterocycles. The Bertz CT molecular complexity index is 127. The molecule has 0 saturated heterocycles. The van der Waals surface area contributed by atoms with Crippen LogP contribution in [-0.4, -0.2) is 12.5 Å². The fourth-order valence-electron chi connectivity index (χ4n) is 0.736. The smallest absolute Gasteiger partial charge is 0.226 e. The third kappa shape index (κ3) is 2.38. The van der Waals surface area contributed by atoms with E-state index >= 15 is 0 Å². The van der Waals surface area contributed by atoms with Crippen LogP contribution >= 0.6 is 0 Å². The van der Waals surface area contributed by atoms with Gasteiger partial charge in [0.15, 0.2) is 0 Å². The van der Waals surface area contributed by atoms with E-state index in [0.29, 0.717) is 0 Å². The summed E-state index contributed by atoms with van der Waals surface area (Å²) in [6.45, 7) is 4.55. The molecule has 0 aromatic heterocycles. The number of rotatable bonds is 3. The Hall–Kier alpha value is -0.530. The molecule has 10 heavy (non-hydrogen) atoms. The van der Waals surface area contributed by atoms with E-state index in [1.165, 1.54) is 12.8 Å². The first kappa shape index (κ1) is 7.58. The maximum absolute atomic E-state index is 10.9. The first-order valence-electron chi connectivity index (χ1n) is 3.78. The molecule has 0 spiro atoms. The number of hydrogen-bond acceptors (Lipinski definition) is 1. The minimum atomic E-state index is 0.104. The molecule has 1 radical (unpaired) electrons. The van der Waals surface area contributed by atoms with Gasteiger partial charge in [0.05, 0.1) is 5.92 Å². The van der Waals surface area contributed by atoms with Crippen LogP contribution in [-0.2, 0) is 4.79 Å². The highest BCUT2D eigenvalue weighted by molar-refractivity contribution is 5.88. The Balaban J connectivity index is 2.05. The number of hydrogen-bond donors (Lipinski definition) is 1. The van der Waals surface area contributed by atoms with E-state index in [4.69, 9.17) is 0 Å². The van der Waals surface area contributed by atoms with Crippen LogP contribution in [0.2, 0.25) is 0 Å². The number of amides is 1. The van der Waals surface area contributed by atoms with Crippen LogP contribution in [0.1, 0.15) is 26.7 Å². The van der Waals surface area contributed by atoms with Crippen LogP contribution in [0.4, 0.5) is 0 Å². The van der Waals surface area contributed by atoms with E-state index in [1.807, 2.05) is 13.8 Å². The van der Waals surface area contributed by atoms with Gasteiger partial charge in [-0.25, -0.2) is 0 Å². The van der Waals surface area contributed by atoms with Crippen molar-refractivity contribution >= 4 is 5.91 Å². The van der Waals surface area contributed by atoms with Crippen LogP contribution < -0.4 is 5.32 Å². The molecule has 0 bridgehead atoms. The largest absolute Gasteiger partial charge is 0.355 e. The molecule has 1 fully saturated rings. The van der Waals surface area contributed by atoms with Crippen molar-refractivity contribution in [2.45, 2.75) is 26.7 Å². The van der Waals surface area contributed by atoms with Gasteiger partial charge in [-0.05, 0) is 18.8 Å². The summed E-state index contributed by atoms with van der Waals surface area (Å²) in [5.74, 6) is 1.73. The summed E-state index contributed by atoms with van der Waals surface area (Å²) in [6, 6.07) is 0. The van der Waals surface area contributed by atoms with Gasteiger partial charge in [-0.15, -0.1) is 0 Å². The predicted octanol–water partition coefficient (Wildman–Crippen LogP) is 1.13. The van der Waals surface area contributed by atoms with Crippen molar-refractivity contribution in [1.29, 1.82) is 0 Å². The summed E-state index contributed by atoms with van der Waals surface area (Å²) in [4.78, 5) is 10.9. The molecular formula is C8H14NO. The van der Waals surface area contributed by atoms with E-state index in [2.05, 4.69) is 5.32 Å². The summed E-state index contributed by atoms with van der Waals surface area (Å²) in [7, 11) is 0. The van der Waals surface area contributed by atoms with Crippen molar-refractivity contribution in [3.8, 4) is 0 Å². The zero-order chi connectivity index (χ0) is 7.56. The highest BCUT2D eigenvalue weighted by Crippen LogP contribution is 2.27. The normalized spacial score (nSPS) is 17.5. The van der Waals surface area contributed by atoms with Gasteiger partial charge in [-0.3, -0.25) is 4.79 Å². The molecule has 1 saturated carbocycles. The van der Waals surface area contributed by atoms with E-state index in [0.717, 1.165) is 18.4 Å². The maximum Gasteiger partial charge on any atom is 0.226 e. The summed E-state index contributed by atoms with van der Waals surface area (Å²) in [6.07, 6.45) is 2.59. The van der Waals surface area contributed by atoms with Crippen LogP contribution in [0.5, 0.6) is 0 Å². The molecular weight excluding hydrogens is 126 g/mol. The second kappa shape index (κ2) is 3.04. The maximum atomic E-state index is 10.9. The minimum Gasteiger partial charge on any atom is -0.355 e. The molecule has 0 atom stereocenters. The summed E-state index contributed by atoms with van der Waals surface area (Å²) in [5.41, 5.74) is 0. The monoisotopic (exact) mass is 140 g/mol. The Kier molecular flexibility index (Phi) is 2.30. The number of carbonyl (C=O) groups is 1. The first-order valence-corrected chi connectivity index (χ1v) is 3.78. The molecule has 0 aromatic rings. The molecule has 1 amide bonds. The fraction of sp³-hybridized carbons (Fsp3) is 0.750. The SMILES string of the molecule is C[C](C)C(=O)NCC1CC1. The summed E-state index contributed by atoms with van der Waals surface area (Å²) >= 11 is 0. The lowest BCUT2D eigenvalue weighted by molar-refractivity contribution is -0.119. The quantitative estimate of drug-likeness (QED) is 0.625. The van der Waals surface area contributed by atoms with E-state index in [-0.39, 0.29) is 5.91 Å². The highest BCUT2D eigenvalue weighted by atomic mass is 16.1. The Morgan fingerprint density at radius 1 is 1.50 bits per heavy atom. The van der Waals surface area contributed by atoms with Crippen molar-refractivity contribution in [2.24, 2.45) is 5.92 Å². The second-order valence-electron chi connectivity index (χ2n) is 3.15. The van der Waals surface area contributed by atoms with Gasteiger partial charge in [0.25, 0.3) is 0 Å². The van der Waals surface area contributed by atoms with Crippen molar-refractivity contribution in [3.63, 3.8) is 0 Å². The predicted molar refractivity (Wildman–Crippen MR) is 40.3 cm³/mol. The fourth-order valence-corrected chi connectivity index (χ4v) is 0.736. The zero-order valence-electron chi connectivity index (χ0n) is 6.61. The Labute approximate surface area is 62.0 Å². The Morgan fingerprint density at radius 2 is 2.10 bits per heavy atom. The lowest BCUT2D eigenvalue weighted by Gasteiger charge is -2.04. The molecule has 57 valence electrons. The molecule has 1 aliphatic carbocycles. The van der Waals surface area contributed by atoms with Gasteiger partial charge in [0, 0.05) is 6.54 Å². The van der Waals surface area contributed by atoms with Gasteiger partial charge in [0.2, 0.25) is 5.91 Å². The number of nitrogens with one attached hydrogen (secondary N) is 1. The molecule has 0 aromatic carbocycles. The van der Waals surface area contributed by atoms with Crippen molar-refractivity contribution in [1.82, 2.24) is 5.32 Å². The topological polar surface area (TPSA) is 29.1 Å². The standard InChI is InChI=1S/C8H14NO/c1-6(2)8(10)9-5-7-3-4-7/h7H,3-5H2,1-2H3,(H,9,10). The van der Waals surface area contributed by atoms with E-state index < -0.39 is 0 Å². The van der Waals surface area contributed by atoms with Gasteiger partial charge >= 0.3 is 0 Å². The van der Waals surface area contributed by atoms with Crippen molar-refractivity contribution in [2.75, 3.05) is 6.54 Å². The lowest BCUT2D eigenvalue weighted by atomic mass is 10.2. The van der Waals surface area contributed by atoms with Gasteiger partial charge in [-0.1, -0.05) is 13.8 Å². The van der Waals surface area contributed by atoms with Crippen molar-refractivity contribution < 1.29 is 4.79 Å². The molecule has 0 aliphatic heterocycles. The van der Waals surface area contributed by atoms with Crippen LogP contribution in [0, 0.1) is 11.8 Å². The zero-order valence-corrected chi connectivity index (χ0v) is 6.61.